The molecule has 1 aromatic rings. The van der Waals surface area contributed by atoms with Crippen LogP contribution in [0.5, 0.6) is 0 Å². The Balaban J connectivity index is 2.49. The summed E-state index contributed by atoms with van der Waals surface area (Å²) in [5.41, 5.74) is 10.6. The monoisotopic (exact) mass is 281 g/mol. The molecule has 8 heteroatoms. The molecule has 110 valence electrons. The topological polar surface area (TPSA) is 133 Å². The Labute approximate surface area is 116 Å². The predicted molar refractivity (Wildman–Crippen MR) is 74.6 cm³/mol. The highest BCUT2D eigenvalue weighted by atomic mass is 16.6. The molecule has 0 unspecified atom stereocenters. The molecule has 0 spiro atoms. The van der Waals surface area contributed by atoms with E-state index in [2.05, 4.69) is 15.3 Å². The number of nitrogens with zero attached hydrogens (tertiary/aromatic N) is 2. The van der Waals surface area contributed by atoms with Crippen molar-refractivity contribution < 1.29 is 14.3 Å². The molecule has 0 saturated heterocycles. The number of aromatic nitrogens is 2. The molecule has 0 aliphatic carbocycles. The van der Waals surface area contributed by atoms with Gasteiger partial charge in [-0.1, -0.05) is 0 Å². The van der Waals surface area contributed by atoms with E-state index in [1.165, 1.54) is 6.33 Å². The fourth-order valence-electron chi connectivity index (χ4n) is 1.31. The SMILES string of the molecule is CC(C)(C)OC(=O)CCC(=O)Nc1ncnc(N)c1N. The lowest BCUT2D eigenvalue weighted by Gasteiger charge is -2.19. The number of rotatable bonds is 4. The van der Waals surface area contributed by atoms with Crippen LogP contribution in [0, 0.1) is 0 Å². The van der Waals surface area contributed by atoms with Crippen LogP contribution in [0.3, 0.4) is 0 Å². The van der Waals surface area contributed by atoms with E-state index in [1.807, 2.05) is 0 Å². The van der Waals surface area contributed by atoms with E-state index in [0.29, 0.717) is 0 Å². The number of carbonyl (C=O) groups is 2. The summed E-state index contributed by atoms with van der Waals surface area (Å²) < 4.78 is 5.09. The summed E-state index contributed by atoms with van der Waals surface area (Å²) in [5.74, 6) is -0.627. The number of carbonyl (C=O) groups excluding carboxylic acids is 2. The highest BCUT2D eigenvalue weighted by Gasteiger charge is 2.17. The number of nitrogen functional groups attached to an aromatic ring is 2. The van der Waals surface area contributed by atoms with Gasteiger partial charge in [0, 0.05) is 6.42 Å². The first-order valence-corrected chi connectivity index (χ1v) is 6.06. The van der Waals surface area contributed by atoms with Gasteiger partial charge in [0.05, 0.1) is 6.42 Å². The standard InChI is InChI=1S/C12H19N5O3/c1-12(2,3)20-8(19)5-4-7(18)17-11-9(13)10(14)15-6-16-11/h6H,4-5,13H2,1-3H3,(H3,14,15,16,17,18). The zero-order valence-corrected chi connectivity index (χ0v) is 11.8. The normalized spacial score (nSPS) is 10.9. The minimum Gasteiger partial charge on any atom is -0.460 e. The molecule has 0 aromatic carbocycles. The Morgan fingerprint density at radius 3 is 2.50 bits per heavy atom. The van der Waals surface area contributed by atoms with Crippen molar-refractivity contribution in [2.75, 3.05) is 16.8 Å². The van der Waals surface area contributed by atoms with Crippen molar-refractivity contribution in [2.45, 2.75) is 39.2 Å². The van der Waals surface area contributed by atoms with Crippen molar-refractivity contribution in [3.63, 3.8) is 0 Å². The predicted octanol–water partition coefficient (Wildman–Crippen LogP) is 0.701. The molecule has 1 heterocycles. The molecule has 1 aromatic heterocycles. The van der Waals surface area contributed by atoms with Gasteiger partial charge in [-0.3, -0.25) is 9.59 Å². The average molecular weight is 281 g/mol. The van der Waals surface area contributed by atoms with E-state index in [9.17, 15) is 9.59 Å². The molecule has 8 nitrogen and oxygen atoms in total. The maximum absolute atomic E-state index is 11.7. The number of ether oxygens (including phenoxy) is 1. The Kier molecular flexibility index (Phi) is 4.84. The molecule has 0 aliphatic rings. The molecule has 1 amide bonds. The van der Waals surface area contributed by atoms with Crippen LogP contribution in [0.4, 0.5) is 17.3 Å². The Bertz CT molecular complexity index is 510. The lowest BCUT2D eigenvalue weighted by atomic mass is 10.2. The Morgan fingerprint density at radius 2 is 1.90 bits per heavy atom. The maximum atomic E-state index is 11.7. The molecular weight excluding hydrogens is 262 g/mol. The fourth-order valence-corrected chi connectivity index (χ4v) is 1.31. The molecule has 0 aliphatic heterocycles. The molecule has 0 fully saturated rings. The van der Waals surface area contributed by atoms with E-state index < -0.39 is 17.5 Å². The molecular formula is C12H19N5O3. The van der Waals surface area contributed by atoms with Crippen LogP contribution in [-0.4, -0.2) is 27.4 Å². The number of nitrogens with one attached hydrogen (secondary N) is 1. The van der Waals surface area contributed by atoms with Crippen LogP contribution in [0.15, 0.2) is 6.33 Å². The number of nitrogens with two attached hydrogens (primary N) is 2. The number of hydrogen-bond acceptors (Lipinski definition) is 7. The zero-order chi connectivity index (χ0) is 15.3. The third kappa shape index (κ3) is 5.09. The van der Waals surface area contributed by atoms with Gasteiger partial charge in [0.2, 0.25) is 5.91 Å². The van der Waals surface area contributed by atoms with Gasteiger partial charge in [0.1, 0.15) is 17.6 Å². The molecule has 5 N–H and O–H groups in total. The summed E-state index contributed by atoms with van der Waals surface area (Å²) in [7, 11) is 0. The number of amides is 1. The Hall–Kier alpha value is -2.38. The first-order chi connectivity index (χ1) is 9.19. The summed E-state index contributed by atoms with van der Waals surface area (Å²) >= 11 is 0. The van der Waals surface area contributed by atoms with E-state index in [-0.39, 0.29) is 30.2 Å². The summed E-state index contributed by atoms with van der Waals surface area (Å²) in [6.45, 7) is 5.28. The molecule has 0 saturated carbocycles. The van der Waals surface area contributed by atoms with Gasteiger partial charge in [-0.2, -0.15) is 0 Å². The summed E-state index contributed by atoms with van der Waals surface area (Å²) in [5, 5.41) is 2.47. The van der Waals surface area contributed by atoms with Crippen molar-refractivity contribution >= 4 is 29.2 Å². The van der Waals surface area contributed by atoms with Crippen molar-refractivity contribution in [1.29, 1.82) is 0 Å². The number of anilines is 3. The average Bonchev–Trinajstić information content (AvgIpc) is 2.30. The van der Waals surface area contributed by atoms with Gasteiger partial charge in [0.25, 0.3) is 0 Å². The minimum absolute atomic E-state index is 0.0242. The van der Waals surface area contributed by atoms with Crippen LogP contribution in [0.2, 0.25) is 0 Å². The number of hydrogen-bond donors (Lipinski definition) is 3. The maximum Gasteiger partial charge on any atom is 0.306 e. The largest absolute Gasteiger partial charge is 0.460 e. The first-order valence-electron chi connectivity index (χ1n) is 6.06. The van der Waals surface area contributed by atoms with Gasteiger partial charge in [0.15, 0.2) is 11.6 Å². The van der Waals surface area contributed by atoms with Crippen LogP contribution in [0.25, 0.3) is 0 Å². The van der Waals surface area contributed by atoms with E-state index in [4.69, 9.17) is 16.2 Å². The van der Waals surface area contributed by atoms with E-state index >= 15 is 0 Å². The van der Waals surface area contributed by atoms with Crippen LogP contribution >= 0.6 is 0 Å². The van der Waals surface area contributed by atoms with Crippen molar-refractivity contribution in [3.05, 3.63) is 6.33 Å². The van der Waals surface area contributed by atoms with Crippen LogP contribution in [-0.2, 0) is 14.3 Å². The lowest BCUT2D eigenvalue weighted by molar-refractivity contribution is -0.155. The van der Waals surface area contributed by atoms with Gasteiger partial charge < -0.3 is 21.5 Å². The third-order valence-electron chi connectivity index (χ3n) is 2.15. The van der Waals surface area contributed by atoms with Gasteiger partial charge in [-0.25, -0.2) is 9.97 Å². The summed E-state index contributed by atoms with van der Waals surface area (Å²) in [6, 6.07) is 0. The number of esters is 1. The zero-order valence-electron chi connectivity index (χ0n) is 11.8. The van der Waals surface area contributed by atoms with E-state index in [0.717, 1.165) is 0 Å². The van der Waals surface area contributed by atoms with Crippen molar-refractivity contribution in [1.82, 2.24) is 9.97 Å². The van der Waals surface area contributed by atoms with Gasteiger partial charge in [-0.05, 0) is 20.8 Å². The lowest BCUT2D eigenvalue weighted by Crippen LogP contribution is -2.25. The fraction of sp³-hybridized carbons (Fsp3) is 0.500. The second-order valence-corrected chi connectivity index (χ2v) is 5.16. The first kappa shape index (κ1) is 15.7. The highest BCUT2D eigenvalue weighted by Crippen LogP contribution is 2.19. The van der Waals surface area contributed by atoms with Crippen molar-refractivity contribution in [2.24, 2.45) is 0 Å². The molecule has 0 radical (unpaired) electrons. The minimum atomic E-state index is -0.570. The summed E-state index contributed by atoms with van der Waals surface area (Å²) in [4.78, 5) is 30.6. The quantitative estimate of drug-likeness (QED) is 0.691. The Morgan fingerprint density at radius 1 is 1.25 bits per heavy atom. The third-order valence-corrected chi connectivity index (χ3v) is 2.15. The molecule has 20 heavy (non-hydrogen) atoms. The molecule has 1 rings (SSSR count). The van der Waals surface area contributed by atoms with Crippen LogP contribution < -0.4 is 16.8 Å². The second-order valence-electron chi connectivity index (χ2n) is 5.16. The molecule has 0 bridgehead atoms. The summed E-state index contributed by atoms with van der Waals surface area (Å²) in [6.07, 6.45) is 1.14. The van der Waals surface area contributed by atoms with Gasteiger partial charge >= 0.3 is 5.97 Å². The van der Waals surface area contributed by atoms with Crippen LogP contribution in [0.1, 0.15) is 33.6 Å². The highest BCUT2D eigenvalue weighted by molar-refractivity contribution is 5.95. The van der Waals surface area contributed by atoms with Gasteiger partial charge in [-0.15, -0.1) is 0 Å². The smallest absolute Gasteiger partial charge is 0.306 e. The second kappa shape index (κ2) is 6.18. The van der Waals surface area contributed by atoms with E-state index in [1.54, 1.807) is 20.8 Å². The van der Waals surface area contributed by atoms with Crippen molar-refractivity contribution in [3.8, 4) is 0 Å². The molecule has 0 atom stereocenters.